The molecule has 0 fully saturated rings. The highest BCUT2D eigenvalue weighted by molar-refractivity contribution is 7.89. The van der Waals surface area contributed by atoms with Crippen molar-refractivity contribution in [1.29, 1.82) is 0 Å². The Morgan fingerprint density at radius 3 is 1.88 bits per heavy atom. The lowest BCUT2D eigenvalue weighted by Crippen LogP contribution is -2.39. The molecule has 0 heterocycles. The molecule has 6 heteroatoms. The van der Waals surface area contributed by atoms with Crippen molar-refractivity contribution in [2.45, 2.75) is 52.5 Å². The van der Waals surface area contributed by atoms with Crippen LogP contribution in [0.25, 0.3) is 0 Å². The molecular weight excluding hydrogens is 324 g/mol. The fourth-order valence-electron chi connectivity index (χ4n) is 2.57. The zero-order valence-electron chi connectivity index (χ0n) is 15.6. The molecule has 0 saturated carbocycles. The Morgan fingerprint density at radius 1 is 1.00 bits per heavy atom. The van der Waals surface area contributed by atoms with Gasteiger partial charge in [-0.25, -0.2) is 8.42 Å². The highest BCUT2D eigenvalue weighted by Gasteiger charge is 2.23. The van der Waals surface area contributed by atoms with E-state index >= 15 is 0 Å². The summed E-state index contributed by atoms with van der Waals surface area (Å²) >= 11 is 0. The van der Waals surface area contributed by atoms with Crippen LogP contribution in [-0.2, 0) is 10.0 Å². The van der Waals surface area contributed by atoms with E-state index in [0.717, 1.165) is 0 Å². The lowest BCUT2D eigenvalue weighted by atomic mass is 10.1. The second-order valence-corrected chi connectivity index (χ2v) is 8.50. The lowest BCUT2D eigenvalue weighted by Gasteiger charge is -2.28. The Bertz CT molecular complexity index is 633. The van der Waals surface area contributed by atoms with Crippen molar-refractivity contribution >= 4 is 15.9 Å². The summed E-state index contributed by atoms with van der Waals surface area (Å²) in [7, 11) is -3.49. The van der Waals surface area contributed by atoms with Gasteiger partial charge in [0, 0.05) is 31.2 Å². The van der Waals surface area contributed by atoms with Crippen molar-refractivity contribution in [2.75, 3.05) is 19.6 Å². The van der Waals surface area contributed by atoms with Gasteiger partial charge in [-0.1, -0.05) is 27.7 Å². The molecule has 1 amide bonds. The lowest BCUT2D eigenvalue weighted by molar-refractivity contribution is 0.0682. The van der Waals surface area contributed by atoms with E-state index in [0.29, 0.717) is 31.1 Å². The van der Waals surface area contributed by atoms with E-state index in [1.165, 1.54) is 16.4 Å². The number of amides is 1. The van der Waals surface area contributed by atoms with Crippen LogP contribution in [0.15, 0.2) is 29.2 Å². The molecule has 0 radical (unpaired) electrons. The molecule has 0 aliphatic carbocycles. The number of nitrogens with zero attached hydrogens (tertiary/aromatic N) is 2. The Hall–Kier alpha value is -1.40. The molecule has 136 valence electrons. The average Bonchev–Trinajstić information content (AvgIpc) is 2.52. The fourth-order valence-corrected chi connectivity index (χ4v) is 4.03. The van der Waals surface area contributed by atoms with Crippen LogP contribution in [0.4, 0.5) is 0 Å². The molecule has 0 atom stereocenters. The predicted molar refractivity (Wildman–Crippen MR) is 97.6 cm³/mol. The van der Waals surface area contributed by atoms with E-state index in [4.69, 9.17) is 0 Å². The molecule has 24 heavy (non-hydrogen) atoms. The molecule has 0 unspecified atom stereocenters. The summed E-state index contributed by atoms with van der Waals surface area (Å²) in [6.07, 6.45) is 0. The SMILES string of the molecule is CCN(CC)S(=O)(=O)c1ccc(C(=O)N(CC(C)C)C(C)C)cc1. The van der Waals surface area contributed by atoms with E-state index in [1.54, 1.807) is 12.1 Å². The van der Waals surface area contributed by atoms with E-state index < -0.39 is 10.0 Å². The third-order valence-electron chi connectivity index (χ3n) is 3.89. The van der Waals surface area contributed by atoms with Crippen LogP contribution in [0.5, 0.6) is 0 Å². The number of rotatable bonds is 8. The molecule has 0 bridgehead atoms. The maximum atomic E-state index is 12.7. The number of sulfonamides is 1. The standard InChI is InChI=1S/C18H30N2O3S/c1-7-19(8-2)24(22,23)17-11-9-16(10-12-17)18(21)20(15(5)6)13-14(3)4/h9-12,14-15H,7-8,13H2,1-6H3. The highest BCUT2D eigenvalue weighted by Crippen LogP contribution is 2.18. The highest BCUT2D eigenvalue weighted by atomic mass is 32.2. The van der Waals surface area contributed by atoms with Crippen molar-refractivity contribution in [2.24, 2.45) is 5.92 Å². The van der Waals surface area contributed by atoms with Crippen molar-refractivity contribution < 1.29 is 13.2 Å². The molecule has 5 nitrogen and oxygen atoms in total. The van der Waals surface area contributed by atoms with E-state index in [9.17, 15) is 13.2 Å². The van der Waals surface area contributed by atoms with Crippen molar-refractivity contribution in [3.8, 4) is 0 Å². The molecule has 1 aromatic carbocycles. The van der Waals surface area contributed by atoms with Gasteiger partial charge in [0.15, 0.2) is 0 Å². The van der Waals surface area contributed by atoms with Gasteiger partial charge in [-0.05, 0) is 44.0 Å². The molecule has 0 N–H and O–H groups in total. The molecular formula is C18H30N2O3S. The maximum Gasteiger partial charge on any atom is 0.254 e. The summed E-state index contributed by atoms with van der Waals surface area (Å²) in [5.41, 5.74) is 0.517. The molecule has 0 aromatic heterocycles. The summed E-state index contributed by atoms with van der Waals surface area (Å²) < 4.78 is 26.4. The smallest absolute Gasteiger partial charge is 0.254 e. The Labute approximate surface area is 146 Å². The summed E-state index contributed by atoms with van der Waals surface area (Å²) in [4.78, 5) is 14.7. The Balaban J connectivity index is 3.08. The maximum absolute atomic E-state index is 12.7. The van der Waals surface area contributed by atoms with Crippen LogP contribution >= 0.6 is 0 Å². The average molecular weight is 355 g/mol. The molecule has 0 spiro atoms. The normalized spacial score (nSPS) is 12.2. The first-order valence-electron chi connectivity index (χ1n) is 8.56. The minimum Gasteiger partial charge on any atom is -0.336 e. The zero-order chi connectivity index (χ0) is 18.5. The van der Waals surface area contributed by atoms with Gasteiger partial charge in [0.05, 0.1) is 4.90 Å². The quantitative estimate of drug-likeness (QED) is 0.720. The number of hydrogen-bond acceptors (Lipinski definition) is 3. The van der Waals surface area contributed by atoms with Crippen LogP contribution in [0.2, 0.25) is 0 Å². The number of carbonyl (C=O) groups is 1. The van der Waals surface area contributed by atoms with Gasteiger partial charge in [-0.15, -0.1) is 0 Å². The van der Waals surface area contributed by atoms with Gasteiger partial charge < -0.3 is 4.90 Å². The first-order valence-corrected chi connectivity index (χ1v) is 10.00. The van der Waals surface area contributed by atoms with Crippen molar-refractivity contribution in [1.82, 2.24) is 9.21 Å². The second-order valence-electron chi connectivity index (χ2n) is 6.56. The Morgan fingerprint density at radius 2 is 1.50 bits per heavy atom. The van der Waals surface area contributed by atoms with Crippen LogP contribution in [0.1, 0.15) is 51.9 Å². The monoisotopic (exact) mass is 354 g/mol. The van der Waals surface area contributed by atoms with Gasteiger partial charge in [0.25, 0.3) is 5.91 Å². The van der Waals surface area contributed by atoms with E-state index in [-0.39, 0.29) is 16.8 Å². The van der Waals surface area contributed by atoms with Gasteiger partial charge >= 0.3 is 0 Å². The number of carbonyl (C=O) groups excluding carboxylic acids is 1. The van der Waals surface area contributed by atoms with E-state index in [2.05, 4.69) is 13.8 Å². The number of benzene rings is 1. The van der Waals surface area contributed by atoms with Crippen molar-refractivity contribution in [3.05, 3.63) is 29.8 Å². The molecule has 0 aliphatic heterocycles. The van der Waals surface area contributed by atoms with Gasteiger partial charge in [-0.2, -0.15) is 4.31 Å². The summed E-state index contributed by atoms with van der Waals surface area (Å²) in [5, 5.41) is 0. The van der Waals surface area contributed by atoms with Crippen LogP contribution in [-0.4, -0.2) is 49.2 Å². The van der Waals surface area contributed by atoms with Crippen LogP contribution < -0.4 is 0 Å². The van der Waals surface area contributed by atoms with Gasteiger partial charge in [-0.3, -0.25) is 4.79 Å². The minimum absolute atomic E-state index is 0.0644. The molecule has 0 saturated heterocycles. The van der Waals surface area contributed by atoms with Gasteiger partial charge in [0.1, 0.15) is 0 Å². The topological polar surface area (TPSA) is 57.7 Å². The minimum atomic E-state index is -3.49. The van der Waals surface area contributed by atoms with Crippen LogP contribution in [0.3, 0.4) is 0 Å². The third-order valence-corrected chi connectivity index (χ3v) is 5.95. The Kier molecular flexibility index (Phi) is 7.42. The summed E-state index contributed by atoms with van der Waals surface area (Å²) in [6, 6.07) is 6.35. The zero-order valence-corrected chi connectivity index (χ0v) is 16.4. The summed E-state index contributed by atoms with van der Waals surface area (Å²) in [6.45, 7) is 13.3. The molecule has 1 aromatic rings. The first-order chi connectivity index (χ1) is 11.1. The third kappa shape index (κ3) is 4.80. The largest absolute Gasteiger partial charge is 0.336 e. The molecule has 1 rings (SSSR count). The van der Waals surface area contributed by atoms with E-state index in [1.807, 2.05) is 32.6 Å². The second kappa shape index (κ2) is 8.62. The fraction of sp³-hybridized carbons (Fsp3) is 0.611. The number of hydrogen-bond donors (Lipinski definition) is 0. The predicted octanol–water partition coefficient (Wildman–Crippen LogP) is 3.22. The first kappa shape index (κ1) is 20.6. The van der Waals surface area contributed by atoms with Gasteiger partial charge in [0.2, 0.25) is 10.0 Å². The summed E-state index contributed by atoms with van der Waals surface area (Å²) in [5.74, 6) is 0.309. The molecule has 0 aliphatic rings. The van der Waals surface area contributed by atoms with Crippen molar-refractivity contribution in [3.63, 3.8) is 0 Å². The van der Waals surface area contributed by atoms with Crippen LogP contribution in [0, 0.1) is 5.92 Å².